The van der Waals surface area contributed by atoms with Gasteiger partial charge in [0.1, 0.15) is 5.75 Å². The summed E-state index contributed by atoms with van der Waals surface area (Å²) in [6, 6.07) is 22.4. The van der Waals surface area contributed by atoms with Crippen LogP contribution < -0.4 is 20.3 Å². The maximum atomic E-state index is 12.7. The van der Waals surface area contributed by atoms with E-state index in [0.29, 0.717) is 30.2 Å². The third kappa shape index (κ3) is 6.26. The lowest BCUT2D eigenvalue weighted by Crippen LogP contribution is -2.32. The van der Waals surface area contributed by atoms with E-state index >= 15 is 0 Å². The lowest BCUT2D eigenvalue weighted by Gasteiger charge is -2.17. The summed E-state index contributed by atoms with van der Waals surface area (Å²) in [5, 5.41) is 5.74. The molecule has 0 bridgehead atoms. The van der Waals surface area contributed by atoms with Gasteiger partial charge in [-0.05, 0) is 61.4 Å². The quantitative estimate of drug-likeness (QED) is 0.520. The van der Waals surface area contributed by atoms with Crippen LogP contribution in [0.3, 0.4) is 0 Å². The zero-order valence-corrected chi connectivity index (χ0v) is 19.9. The topological polar surface area (TPSA) is 87.7 Å². The van der Waals surface area contributed by atoms with Crippen LogP contribution in [0, 0.1) is 19.8 Å². The largest absolute Gasteiger partial charge is 0.484 e. The van der Waals surface area contributed by atoms with E-state index in [1.165, 1.54) is 0 Å². The van der Waals surface area contributed by atoms with E-state index in [9.17, 15) is 14.4 Å². The molecule has 0 unspecified atom stereocenters. The molecule has 180 valence electrons. The van der Waals surface area contributed by atoms with E-state index < -0.39 is 5.92 Å². The molecular formula is C28H29N3O4. The van der Waals surface area contributed by atoms with E-state index in [-0.39, 0.29) is 30.7 Å². The van der Waals surface area contributed by atoms with Crippen molar-refractivity contribution in [2.24, 2.45) is 5.92 Å². The number of carbonyl (C=O) groups is 3. The van der Waals surface area contributed by atoms with Gasteiger partial charge in [-0.1, -0.05) is 42.0 Å². The molecule has 0 radical (unpaired) electrons. The molecule has 3 aromatic carbocycles. The van der Waals surface area contributed by atoms with Crippen molar-refractivity contribution >= 4 is 29.1 Å². The molecule has 0 aromatic heterocycles. The van der Waals surface area contributed by atoms with Crippen LogP contribution >= 0.6 is 0 Å². The lowest BCUT2D eigenvalue weighted by atomic mass is 10.1. The average Bonchev–Trinajstić information content (AvgIpc) is 3.25. The van der Waals surface area contributed by atoms with Gasteiger partial charge < -0.3 is 20.3 Å². The number of hydrogen-bond acceptors (Lipinski definition) is 4. The number of rotatable bonds is 8. The Balaban J connectivity index is 1.27. The molecule has 1 saturated heterocycles. The second-order valence-electron chi connectivity index (χ2n) is 8.75. The van der Waals surface area contributed by atoms with E-state index in [0.717, 1.165) is 16.7 Å². The second-order valence-corrected chi connectivity index (χ2v) is 8.75. The number of amides is 3. The number of hydrogen-bond donors (Lipinski definition) is 2. The highest BCUT2D eigenvalue weighted by molar-refractivity contribution is 6.00. The van der Waals surface area contributed by atoms with Crippen molar-refractivity contribution in [3.05, 3.63) is 89.5 Å². The first-order chi connectivity index (χ1) is 16.9. The first-order valence-corrected chi connectivity index (χ1v) is 11.6. The van der Waals surface area contributed by atoms with E-state index in [2.05, 4.69) is 10.6 Å². The van der Waals surface area contributed by atoms with Crippen LogP contribution in [0.4, 0.5) is 11.4 Å². The second kappa shape index (κ2) is 10.9. The molecule has 2 N–H and O–H groups in total. The molecule has 1 heterocycles. The fourth-order valence-corrected chi connectivity index (χ4v) is 3.97. The molecule has 4 rings (SSSR count). The smallest absolute Gasteiger partial charge is 0.262 e. The number of nitrogens with zero attached hydrogens (tertiary/aromatic N) is 1. The molecule has 0 aliphatic carbocycles. The van der Waals surface area contributed by atoms with Crippen LogP contribution in [0.15, 0.2) is 72.8 Å². The Morgan fingerprint density at radius 1 is 0.971 bits per heavy atom. The highest BCUT2D eigenvalue weighted by Crippen LogP contribution is 2.27. The minimum absolute atomic E-state index is 0.0906. The Bertz CT molecular complexity index is 1210. The molecule has 35 heavy (non-hydrogen) atoms. The summed E-state index contributed by atoms with van der Waals surface area (Å²) in [6.45, 7) is 4.64. The molecule has 1 atom stereocenters. The van der Waals surface area contributed by atoms with Gasteiger partial charge in [0.25, 0.3) is 5.91 Å². The van der Waals surface area contributed by atoms with E-state index in [1.807, 2.05) is 62.4 Å². The van der Waals surface area contributed by atoms with Gasteiger partial charge in [-0.15, -0.1) is 0 Å². The molecule has 0 saturated carbocycles. The summed E-state index contributed by atoms with van der Waals surface area (Å²) in [5.41, 5.74) is 4.70. The van der Waals surface area contributed by atoms with Crippen molar-refractivity contribution in [3.63, 3.8) is 0 Å². The fraction of sp³-hybridized carbons (Fsp3) is 0.250. The Kier molecular flexibility index (Phi) is 7.45. The van der Waals surface area contributed by atoms with E-state index in [4.69, 9.17) is 4.74 Å². The van der Waals surface area contributed by atoms with Gasteiger partial charge in [0.15, 0.2) is 6.61 Å². The Labute approximate surface area is 205 Å². The summed E-state index contributed by atoms with van der Waals surface area (Å²) in [6.07, 6.45) is 0.178. The predicted molar refractivity (Wildman–Crippen MR) is 135 cm³/mol. The first kappa shape index (κ1) is 24.0. The van der Waals surface area contributed by atoms with Crippen LogP contribution in [0.25, 0.3) is 0 Å². The van der Waals surface area contributed by atoms with Gasteiger partial charge >= 0.3 is 0 Å². The van der Waals surface area contributed by atoms with Gasteiger partial charge in [0.05, 0.1) is 5.92 Å². The molecule has 3 amide bonds. The Morgan fingerprint density at radius 3 is 2.40 bits per heavy atom. The van der Waals surface area contributed by atoms with Crippen molar-refractivity contribution in [3.8, 4) is 5.75 Å². The van der Waals surface area contributed by atoms with Crippen molar-refractivity contribution < 1.29 is 19.1 Å². The number of ether oxygens (including phenoxy) is 1. The van der Waals surface area contributed by atoms with Gasteiger partial charge in [-0.2, -0.15) is 0 Å². The average molecular weight is 472 g/mol. The van der Waals surface area contributed by atoms with Crippen molar-refractivity contribution in [1.82, 2.24) is 5.32 Å². The molecule has 1 aliphatic rings. The maximum absolute atomic E-state index is 12.7. The van der Waals surface area contributed by atoms with Crippen LogP contribution in [-0.4, -0.2) is 30.9 Å². The number of anilines is 2. The molecular weight excluding hydrogens is 442 g/mol. The summed E-state index contributed by atoms with van der Waals surface area (Å²) in [5.74, 6) is -0.345. The van der Waals surface area contributed by atoms with Gasteiger partial charge in [0.2, 0.25) is 11.8 Å². The third-order valence-corrected chi connectivity index (χ3v) is 6.06. The number of carbonyl (C=O) groups excluding carboxylic acids is 3. The minimum atomic E-state index is -0.395. The standard InChI is InChI=1S/C28H29N3O4/c1-19-7-9-23(10-8-19)30-26(32)18-35-25-13-11-24(12-14-25)31-17-22(15-27(31)33)28(34)29-16-21-6-4-3-5-20(21)2/h3-14,22H,15-18H2,1-2H3,(H,29,34)(H,30,32)/t22-/m1/s1. The van der Waals surface area contributed by atoms with Crippen LogP contribution in [-0.2, 0) is 20.9 Å². The molecule has 0 spiro atoms. The maximum Gasteiger partial charge on any atom is 0.262 e. The monoisotopic (exact) mass is 471 g/mol. The number of benzene rings is 3. The predicted octanol–water partition coefficient (Wildman–Crippen LogP) is 3.99. The van der Waals surface area contributed by atoms with Gasteiger partial charge in [0, 0.05) is 30.9 Å². The summed E-state index contributed by atoms with van der Waals surface area (Å²) < 4.78 is 5.57. The summed E-state index contributed by atoms with van der Waals surface area (Å²) in [7, 11) is 0. The SMILES string of the molecule is Cc1ccc(NC(=O)COc2ccc(N3C[C@H](C(=O)NCc4ccccc4C)CC3=O)cc2)cc1. The normalized spacial score (nSPS) is 15.1. The molecule has 1 aliphatic heterocycles. The van der Waals surface area contributed by atoms with Crippen molar-refractivity contribution in [2.45, 2.75) is 26.8 Å². The minimum Gasteiger partial charge on any atom is -0.484 e. The Hall–Kier alpha value is -4.13. The Morgan fingerprint density at radius 2 is 1.69 bits per heavy atom. The lowest BCUT2D eigenvalue weighted by molar-refractivity contribution is -0.126. The first-order valence-electron chi connectivity index (χ1n) is 11.6. The van der Waals surface area contributed by atoms with Crippen LogP contribution in [0.2, 0.25) is 0 Å². The van der Waals surface area contributed by atoms with E-state index in [1.54, 1.807) is 29.2 Å². The fourth-order valence-electron chi connectivity index (χ4n) is 3.97. The number of aryl methyl sites for hydroxylation is 2. The van der Waals surface area contributed by atoms with Crippen molar-refractivity contribution in [1.29, 1.82) is 0 Å². The highest BCUT2D eigenvalue weighted by atomic mass is 16.5. The van der Waals surface area contributed by atoms with Crippen LogP contribution in [0.1, 0.15) is 23.1 Å². The molecule has 7 nitrogen and oxygen atoms in total. The molecule has 1 fully saturated rings. The molecule has 3 aromatic rings. The summed E-state index contributed by atoms with van der Waals surface area (Å²) in [4.78, 5) is 39.0. The zero-order chi connectivity index (χ0) is 24.8. The van der Waals surface area contributed by atoms with Gasteiger partial charge in [-0.25, -0.2) is 0 Å². The number of nitrogens with one attached hydrogen (secondary N) is 2. The summed E-state index contributed by atoms with van der Waals surface area (Å²) >= 11 is 0. The molecule has 7 heteroatoms. The zero-order valence-electron chi connectivity index (χ0n) is 19.9. The van der Waals surface area contributed by atoms with Gasteiger partial charge in [-0.3, -0.25) is 14.4 Å². The third-order valence-electron chi connectivity index (χ3n) is 6.06. The van der Waals surface area contributed by atoms with Crippen molar-refractivity contribution in [2.75, 3.05) is 23.4 Å². The highest BCUT2D eigenvalue weighted by Gasteiger charge is 2.35. The van der Waals surface area contributed by atoms with Crippen LogP contribution in [0.5, 0.6) is 5.75 Å².